The zero-order chi connectivity index (χ0) is 12.7. The number of hydrogen-bond donors (Lipinski definition) is 1. The smallest absolute Gasteiger partial charge is 0.0105 e. The molecule has 1 fully saturated rings. The summed E-state index contributed by atoms with van der Waals surface area (Å²) in [7, 11) is 0. The van der Waals surface area contributed by atoms with Crippen molar-refractivity contribution in [2.24, 2.45) is 5.92 Å². The van der Waals surface area contributed by atoms with Crippen molar-refractivity contribution in [1.29, 1.82) is 0 Å². The van der Waals surface area contributed by atoms with Crippen LogP contribution in [0, 0.1) is 5.92 Å². The maximum atomic E-state index is 3.47. The number of nitrogens with zero attached hydrogens (tertiary/aromatic N) is 1. The van der Waals surface area contributed by atoms with Gasteiger partial charge in [-0.25, -0.2) is 0 Å². The highest BCUT2D eigenvalue weighted by molar-refractivity contribution is 7.99. The molecule has 0 aromatic heterocycles. The van der Waals surface area contributed by atoms with Crippen molar-refractivity contribution in [2.75, 3.05) is 32.4 Å². The standard InChI is InChI=1S/C14H30N2S/c1-5-15-11-12(2)13(3)16-9-6-7-14(17-4)8-10-16/h12-15H,5-11H2,1-4H3. The van der Waals surface area contributed by atoms with Crippen LogP contribution in [0.15, 0.2) is 0 Å². The highest BCUT2D eigenvalue weighted by Crippen LogP contribution is 2.23. The molecule has 2 nitrogen and oxygen atoms in total. The van der Waals surface area contributed by atoms with Crippen LogP contribution in [0.5, 0.6) is 0 Å². The predicted octanol–water partition coefficient (Wildman–Crippen LogP) is 2.84. The summed E-state index contributed by atoms with van der Waals surface area (Å²) in [6.45, 7) is 11.8. The van der Waals surface area contributed by atoms with Gasteiger partial charge in [0.25, 0.3) is 0 Å². The summed E-state index contributed by atoms with van der Waals surface area (Å²) in [4.78, 5) is 2.71. The van der Waals surface area contributed by atoms with Crippen LogP contribution in [-0.4, -0.2) is 48.6 Å². The molecule has 0 spiro atoms. The molecular formula is C14H30N2S. The van der Waals surface area contributed by atoms with Crippen LogP contribution in [0.1, 0.15) is 40.0 Å². The third kappa shape index (κ3) is 5.19. The Kier molecular flexibility index (Phi) is 7.56. The third-order valence-electron chi connectivity index (χ3n) is 4.16. The van der Waals surface area contributed by atoms with Gasteiger partial charge in [0.15, 0.2) is 0 Å². The van der Waals surface area contributed by atoms with E-state index in [1.807, 2.05) is 0 Å². The maximum absolute atomic E-state index is 3.47. The van der Waals surface area contributed by atoms with Gasteiger partial charge in [-0.15, -0.1) is 0 Å². The molecule has 1 saturated heterocycles. The molecule has 1 aliphatic rings. The van der Waals surface area contributed by atoms with Crippen LogP contribution in [0.3, 0.4) is 0 Å². The van der Waals surface area contributed by atoms with E-state index in [1.165, 1.54) is 32.4 Å². The lowest BCUT2D eigenvalue weighted by Gasteiger charge is -2.32. The molecule has 0 aromatic rings. The number of thioether (sulfide) groups is 1. The lowest BCUT2D eigenvalue weighted by atomic mass is 10.0. The fourth-order valence-corrected chi connectivity index (χ4v) is 3.38. The molecular weight excluding hydrogens is 228 g/mol. The summed E-state index contributed by atoms with van der Waals surface area (Å²) in [5.74, 6) is 0.751. The monoisotopic (exact) mass is 258 g/mol. The van der Waals surface area contributed by atoms with E-state index < -0.39 is 0 Å². The van der Waals surface area contributed by atoms with Crippen LogP contribution in [0.25, 0.3) is 0 Å². The first-order valence-corrected chi connectivity index (χ1v) is 8.45. The summed E-state index contributed by atoms with van der Waals surface area (Å²) in [6, 6.07) is 0.717. The first-order chi connectivity index (χ1) is 8.19. The minimum atomic E-state index is 0.717. The second-order valence-electron chi connectivity index (χ2n) is 5.35. The Morgan fingerprint density at radius 1 is 1.29 bits per heavy atom. The molecule has 1 aliphatic heterocycles. The fraction of sp³-hybridized carbons (Fsp3) is 1.00. The van der Waals surface area contributed by atoms with E-state index >= 15 is 0 Å². The summed E-state index contributed by atoms with van der Waals surface area (Å²) >= 11 is 2.06. The van der Waals surface area contributed by atoms with Crippen molar-refractivity contribution < 1.29 is 0 Å². The second kappa shape index (κ2) is 8.39. The minimum Gasteiger partial charge on any atom is -0.317 e. The van der Waals surface area contributed by atoms with Crippen LogP contribution >= 0.6 is 11.8 Å². The molecule has 0 radical (unpaired) electrons. The minimum absolute atomic E-state index is 0.717. The molecule has 0 aliphatic carbocycles. The zero-order valence-electron chi connectivity index (χ0n) is 12.0. The predicted molar refractivity (Wildman–Crippen MR) is 79.9 cm³/mol. The quantitative estimate of drug-likeness (QED) is 0.789. The number of rotatable bonds is 6. The Morgan fingerprint density at radius 3 is 2.71 bits per heavy atom. The van der Waals surface area contributed by atoms with Gasteiger partial charge in [-0.05, 0) is 64.5 Å². The van der Waals surface area contributed by atoms with E-state index in [9.17, 15) is 0 Å². The summed E-state index contributed by atoms with van der Waals surface area (Å²) in [6.07, 6.45) is 6.42. The van der Waals surface area contributed by atoms with Gasteiger partial charge in [0.1, 0.15) is 0 Å². The van der Waals surface area contributed by atoms with Crippen molar-refractivity contribution in [3.63, 3.8) is 0 Å². The van der Waals surface area contributed by atoms with Crippen molar-refractivity contribution in [3.05, 3.63) is 0 Å². The fourth-order valence-electron chi connectivity index (χ4n) is 2.63. The molecule has 0 bridgehead atoms. The molecule has 3 atom stereocenters. The van der Waals surface area contributed by atoms with Crippen LogP contribution < -0.4 is 5.32 Å². The van der Waals surface area contributed by atoms with E-state index in [0.29, 0.717) is 0 Å². The van der Waals surface area contributed by atoms with Crippen LogP contribution in [0.4, 0.5) is 0 Å². The van der Waals surface area contributed by atoms with E-state index in [-0.39, 0.29) is 0 Å². The highest BCUT2D eigenvalue weighted by Gasteiger charge is 2.23. The van der Waals surface area contributed by atoms with Gasteiger partial charge in [0.05, 0.1) is 0 Å². The van der Waals surface area contributed by atoms with Crippen molar-refractivity contribution in [1.82, 2.24) is 10.2 Å². The molecule has 3 unspecified atom stereocenters. The summed E-state index contributed by atoms with van der Waals surface area (Å²) < 4.78 is 0. The summed E-state index contributed by atoms with van der Waals surface area (Å²) in [5, 5.41) is 4.37. The van der Waals surface area contributed by atoms with E-state index in [1.54, 1.807) is 0 Å². The Labute approximate surface area is 112 Å². The molecule has 102 valence electrons. The first kappa shape index (κ1) is 15.3. The Bertz CT molecular complexity index is 199. The van der Waals surface area contributed by atoms with Gasteiger partial charge in [0.2, 0.25) is 0 Å². The Morgan fingerprint density at radius 2 is 2.06 bits per heavy atom. The number of hydrogen-bond acceptors (Lipinski definition) is 3. The highest BCUT2D eigenvalue weighted by atomic mass is 32.2. The van der Waals surface area contributed by atoms with Gasteiger partial charge in [-0.1, -0.05) is 13.8 Å². The van der Waals surface area contributed by atoms with Crippen molar-refractivity contribution in [3.8, 4) is 0 Å². The molecule has 1 rings (SSSR count). The van der Waals surface area contributed by atoms with E-state index in [4.69, 9.17) is 0 Å². The lowest BCUT2D eigenvalue weighted by Crippen LogP contribution is -2.41. The number of nitrogens with one attached hydrogen (secondary N) is 1. The first-order valence-electron chi connectivity index (χ1n) is 7.16. The maximum Gasteiger partial charge on any atom is 0.0105 e. The zero-order valence-corrected chi connectivity index (χ0v) is 12.9. The molecule has 0 aromatic carbocycles. The molecule has 17 heavy (non-hydrogen) atoms. The second-order valence-corrected chi connectivity index (χ2v) is 6.49. The molecule has 1 N–H and O–H groups in total. The Balaban J connectivity index is 2.37. The molecule has 1 heterocycles. The van der Waals surface area contributed by atoms with Gasteiger partial charge < -0.3 is 10.2 Å². The average molecular weight is 258 g/mol. The van der Waals surface area contributed by atoms with Gasteiger partial charge in [0, 0.05) is 11.3 Å². The molecule has 3 heteroatoms. The van der Waals surface area contributed by atoms with E-state index in [0.717, 1.165) is 30.3 Å². The van der Waals surface area contributed by atoms with Crippen molar-refractivity contribution >= 4 is 11.8 Å². The van der Waals surface area contributed by atoms with Crippen LogP contribution in [0.2, 0.25) is 0 Å². The Hall–Kier alpha value is 0.270. The van der Waals surface area contributed by atoms with Gasteiger partial charge in [-0.2, -0.15) is 11.8 Å². The normalized spacial score (nSPS) is 26.5. The van der Waals surface area contributed by atoms with Gasteiger partial charge >= 0.3 is 0 Å². The topological polar surface area (TPSA) is 15.3 Å². The van der Waals surface area contributed by atoms with Crippen LogP contribution in [-0.2, 0) is 0 Å². The molecule has 0 amide bonds. The van der Waals surface area contributed by atoms with Crippen molar-refractivity contribution in [2.45, 2.75) is 51.3 Å². The molecule has 0 saturated carbocycles. The largest absolute Gasteiger partial charge is 0.317 e. The lowest BCUT2D eigenvalue weighted by molar-refractivity contribution is 0.165. The summed E-state index contributed by atoms with van der Waals surface area (Å²) in [5.41, 5.74) is 0. The third-order valence-corrected chi connectivity index (χ3v) is 5.30. The SMILES string of the molecule is CCNCC(C)C(C)N1CCCC(SC)CC1. The van der Waals surface area contributed by atoms with E-state index in [2.05, 4.69) is 49.0 Å². The van der Waals surface area contributed by atoms with Gasteiger partial charge in [-0.3, -0.25) is 0 Å². The number of likely N-dealkylation sites (tertiary alicyclic amines) is 1. The average Bonchev–Trinajstić information content (AvgIpc) is 2.60.